The van der Waals surface area contributed by atoms with Crippen molar-refractivity contribution in [3.8, 4) is 23.0 Å². The summed E-state index contributed by atoms with van der Waals surface area (Å²) in [5, 5.41) is 0. The Morgan fingerprint density at radius 2 is 1.79 bits per heavy atom. The van der Waals surface area contributed by atoms with E-state index in [0.717, 1.165) is 35.1 Å². The molecule has 0 bridgehead atoms. The zero-order chi connectivity index (χ0) is 19.4. The Kier molecular flexibility index (Phi) is 7.96. The zero-order valence-electron chi connectivity index (χ0n) is 16.7. The first-order valence-corrected chi connectivity index (χ1v) is 8.97. The van der Waals surface area contributed by atoms with Crippen LogP contribution in [0.3, 0.4) is 0 Å². The van der Waals surface area contributed by atoms with Crippen molar-refractivity contribution < 1.29 is 40.0 Å². The van der Waals surface area contributed by atoms with Gasteiger partial charge in [-0.1, -0.05) is 11.6 Å². The molecule has 0 amide bonds. The third-order valence-corrected chi connectivity index (χ3v) is 5.01. The third-order valence-electron chi connectivity index (χ3n) is 5.01. The molecule has 28 heavy (non-hydrogen) atoms. The van der Waals surface area contributed by atoms with Gasteiger partial charge in [-0.05, 0) is 36.9 Å². The van der Waals surface area contributed by atoms with Gasteiger partial charge < -0.3 is 24.7 Å². The van der Waals surface area contributed by atoms with Gasteiger partial charge in [-0.2, -0.15) is 12.1 Å². The maximum absolute atomic E-state index is 6.02. The van der Waals surface area contributed by atoms with E-state index in [0.29, 0.717) is 29.5 Å². The van der Waals surface area contributed by atoms with E-state index in [4.69, 9.17) is 24.7 Å². The number of nitrogens with two attached hydrogens (primary N) is 1. The molecule has 2 N–H and O–H groups in total. The van der Waals surface area contributed by atoms with Crippen molar-refractivity contribution in [2.24, 2.45) is 11.7 Å². The van der Waals surface area contributed by atoms with E-state index >= 15 is 0 Å². The second-order valence-electron chi connectivity index (χ2n) is 6.43. The molecule has 0 radical (unpaired) electrons. The number of benzene rings is 2. The predicted molar refractivity (Wildman–Crippen MR) is 106 cm³/mol. The molecule has 5 nitrogen and oxygen atoms in total. The summed E-state index contributed by atoms with van der Waals surface area (Å²) in [5.74, 6) is 2.95. The fraction of sp³-hybridized carbons (Fsp3) is 0.364. The van der Waals surface area contributed by atoms with E-state index in [1.165, 1.54) is 0 Å². The van der Waals surface area contributed by atoms with Crippen molar-refractivity contribution in [3.63, 3.8) is 0 Å². The molecule has 1 atom stereocenters. The molecule has 0 spiro atoms. The Hall–Kier alpha value is -1.97. The number of methoxy groups -OCH3 is 4. The normalized spacial score (nSPS) is 15.5. The summed E-state index contributed by atoms with van der Waals surface area (Å²) < 4.78 is 22.1. The monoisotopic (exact) mass is 552 g/mol. The molecule has 0 aliphatic heterocycles. The van der Waals surface area contributed by atoms with E-state index in [-0.39, 0.29) is 27.0 Å². The summed E-state index contributed by atoms with van der Waals surface area (Å²) >= 11 is 0. The van der Waals surface area contributed by atoms with Gasteiger partial charge >= 0.3 is 0 Å². The topological polar surface area (TPSA) is 62.9 Å². The SMILES string of the molecule is COc1[c-]cc(C2=C[C@H](CN)CCc3c2cc(OC)c(OC)c3OC)cc1.[W]. The summed E-state index contributed by atoms with van der Waals surface area (Å²) in [6, 6.07) is 11.1. The van der Waals surface area contributed by atoms with Crippen LogP contribution in [0.15, 0.2) is 30.3 Å². The zero-order valence-corrected chi connectivity index (χ0v) is 19.6. The second-order valence-corrected chi connectivity index (χ2v) is 6.43. The molecule has 150 valence electrons. The van der Waals surface area contributed by atoms with Crippen LogP contribution in [-0.4, -0.2) is 35.0 Å². The second kappa shape index (κ2) is 9.99. The standard InChI is InChI=1S/C22H26NO4.W/c1-24-16-8-6-15(7-9-16)18-11-14(13-23)5-10-17-19(18)12-20(25-2)22(27-4)21(17)26-3;/h6-8,11-12,14H,5,10,13,23H2,1-4H3;/q-1;/t14-;/m1./s1. The maximum atomic E-state index is 6.02. The molecular formula is C22H26NO4W-. The Balaban J connectivity index is 0.00000280. The Labute approximate surface area is 181 Å². The first kappa shape index (κ1) is 22.3. The molecule has 2 aromatic carbocycles. The van der Waals surface area contributed by atoms with Crippen molar-refractivity contribution in [3.05, 3.63) is 53.1 Å². The summed E-state index contributed by atoms with van der Waals surface area (Å²) in [6.45, 7) is 0.591. The summed E-state index contributed by atoms with van der Waals surface area (Å²) in [7, 11) is 6.56. The van der Waals surface area contributed by atoms with Gasteiger partial charge in [0.05, 0.1) is 28.4 Å². The molecule has 0 aromatic heterocycles. The molecule has 2 aromatic rings. The van der Waals surface area contributed by atoms with Crippen molar-refractivity contribution in [2.45, 2.75) is 12.8 Å². The first-order chi connectivity index (χ1) is 13.2. The van der Waals surface area contributed by atoms with Gasteiger partial charge in [0.1, 0.15) is 0 Å². The molecule has 0 heterocycles. The van der Waals surface area contributed by atoms with Crippen LogP contribution in [0.2, 0.25) is 0 Å². The van der Waals surface area contributed by atoms with Gasteiger partial charge in [0.15, 0.2) is 11.5 Å². The number of hydrogen-bond donors (Lipinski definition) is 1. The van der Waals surface area contributed by atoms with Gasteiger partial charge in [0.2, 0.25) is 5.75 Å². The molecule has 0 saturated heterocycles. The molecule has 3 rings (SSSR count). The van der Waals surface area contributed by atoms with Crippen LogP contribution in [0.5, 0.6) is 23.0 Å². The van der Waals surface area contributed by atoms with Gasteiger partial charge in [-0.15, -0.1) is 17.7 Å². The fourth-order valence-corrected chi connectivity index (χ4v) is 3.59. The maximum Gasteiger partial charge on any atom is 0.203 e. The van der Waals surface area contributed by atoms with Crippen LogP contribution in [0.25, 0.3) is 5.57 Å². The fourth-order valence-electron chi connectivity index (χ4n) is 3.59. The van der Waals surface area contributed by atoms with Crippen LogP contribution in [0.4, 0.5) is 0 Å². The minimum atomic E-state index is 0. The van der Waals surface area contributed by atoms with Crippen LogP contribution in [-0.2, 0) is 27.5 Å². The first-order valence-electron chi connectivity index (χ1n) is 8.97. The van der Waals surface area contributed by atoms with Crippen LogP contribution in [0.1, 0.15) is 23.1 Å². The molecule has 0 fully saturated rings. The average Bonchev–Trinajstić information content (AvgIpc) is 2.91. The Bertz CT molecular complexity index is 833. The third kappa shape index (κ3) is 4.21. The summed E-state index contributed by atoms with van der Waals surface area (Å²) in [5.41, 5.74) is 10.3. The van der Waals surface area contributed by atoms with Gasteiger partial charge in [-0.3, -0.25) is 0 Å². The molecule has 1 aliphatic rings. The number of rotatable bonds is 6. The van der Waals surface area contributed by atoms with Crippen LogP contribution < -0.4 is 24.7 Å². The van der Waals surface area contributed by atoms with E-state index < -0.39 is 0 Å². The van der Waals surface area contributed by atoms with E-state index in [1.807, 2.05) is 24.3 Å². The van der Waals surface area contributed by atoms with Gasteiger partial charge in [0.25, 0.3) is 0 Å². The van der Waals surface area contributed by atoms with Gasteiger partial charge in [0, 0.05) is 32.4 Å². The largest absolute Gasteiger partial charge is 0.523 e. The number of ether oxygens (including phenoxy) is 4. The van der Waals surface area contributed by atoms with Gasteiger partial charge in [-0.25, -0.2) is 0 Å². The average molecular weight is 552 g/mol. The summed E-state index contributed by atoms with van der Waals surface area (Å²) in [4.78, 5) is 0. The van der Waals surface area contributed by atoms with Crippen molar-refractivity contribution in [1.82, 2.24) is 0 Å². The molecule has 0 unspecified atom stereocenters. The Morgan fingerprint density at radius 1 is 1.04 bits per heavy atom. The number of fused-ring (bicyclic) bond motifs is 1. The quantitative estimate of drug-likeness (QED) is 0.557. The minimum Gasteiger partial charge on any atom is -0.523 e. The van der Waals surface area contributed by atoms with E-state index in [1.54, 1.807) is 28.4 Å². The molecule has 6 heteroatoms. The predicted octanol–water partition coefficient (Wildman–Crippen LogP) is 3.47. The molecular weight excluding hydrogens is 526 g/mol. The van der Waals surface area contributed by atoms with Crippen molar-refractivity contribution in [2.75, 3.05) is 35.0 Å². The van der Waals surface area contributed by atoms with Crippen molar-refractivity contribution >= 4 is 5.57 Å². The van der Waals surface area contributed by atoms with Crippen molar-refractivity contribution in [1.29, 1.82) is 0 Å². The van der Waals surface area contributed by atoms with Crippen LogP contribution in [0, 0.1) is 12.0 Å². The molecule has 1 aliphatic carbocycles. The van der Waals surface area contributed by atoms with E-state index in [2.05, 4.69) is 12.1 Å². The molecule has 0 saturated carbocycles. The Morgan fingerprint density at radius 3 is 2.32 bits per heavy atom. The van der Waals surface area contributed by atoms with Crippen LogP contribution >= 0.6 is 0 Å². The number of hydrogen-bond acceptors (Lipinski definition) is 5. The smallest absolute Gasteiger partial charge is 0.203 e. The summed E-state index contributed by atoms with van der Waals surface area (Å²) in [6.07, 6.45) is 4.03. The van der Waals surface area contributed by atoms with E-state index in [9.17, 15) is 0 Å². The minimum absolute atomic E-state index is 0.